The second-order valence-corrected chi connectivity index (χ2v) is 3.43. The van der Waals surface area contributed by atoms with Gasteiger partial charge in [0.1, 0.15) is 10.9 Å². The van der Waals surface area contributed by atoms with Gasteiger partial charge in [0.2, 0.25) is 0 Å². The summed E-state index contributed by atoms with van der Waals surface area (Å²) < 4.78 is 4.67. The summed E-state index contributed by atoms with van der Waals surface area (Å²) in [5.41, 5.74) is 0. The Hall–Kier alpha value is -0.860. The van der Waals surface area contributed by atoms with E-state index in [4.69, 9.17) is 5.11 Å². The molecule has 8 heteroatoms. The number of nitrogens with one attached hydrogen (secondary N) is 1. The number of hydrogen-bond donors (Lipinski definition) is 3. The van der Waals surface area contributed by atoms with Gasteiger partial charge < -0.3 is 21.3 Å². The first-order valence-corrected chi connectivity index (χ1v) is 4.63. The monoisotopic (exact) mass is 240 g/mol. The van der Waals surface area contributed by atoms with E-state index < -0.39 is 11.3 Å². The highest BCUT2D eigenvalue weighted by Crippen LogP contribution is 2.05. The minimum atomic E-state index is -1.04. The Morgan fingerprint density at radius 1 is 1.57 bits per heavy atom. The second kappa shape index (κ2) is 8.73. The molecule has 0 aliphatic carbocycles. The number of thiocarbonyl (C=S) groups is 1. The largest absolute Gasteiger partial charge is 0.480 e. The first-order chi connectivity index (χ1) is 6.06. The van der Waals surface area contributed by atoms with E-state index in [1.165, 1.54) is 0 Å². The number of hydrogen-bond acceptors (Lipinski definition) is 6. The summed E-state index contributed by atoms with van der Waals surface area (Å²) >= 11 is 5.31. The third-order valence-electron chi connectivity index (χ3n) is 0.822. The lowest BCUT2D eigenvalue weighted by Crippen LogP contribution is -2.26. The number of ether oxygens (including phenoxy) is 1. The van der Waals surface area contributed by atoms with Gasteiger partial charge >= 0.3 is 11.3 Å². The van der Waals surface area contributed by atoms with Gasteiger partial charge in [0.15, 0.2) is 0 Å². The van der Waals surface area contributed by atoms with Crippen molar-refractivity contribution in [1.29, 1.82) is 0 Å². The lowest BCUT2D eigenvalue weighted by molar-refractivity contribution is -0.135. The van der Waals surface area contributed by atoms with Crippen molar-refractivity contribution in [2.24, 2.45) is 0 Å². The molecule has 0 aromatic heterocycles. The molecule has 0 radical (unpaired) electrons. The fourth-order valence-electron chi connectivity index (χ4n) is 0.407. The van der Waals surface area contributed by atoms with Crippen LogP contribution in [0.15, 0.2) is 0 Å². The van der Waals surface area contributed by atoms with E-state index in [2.05, 4.69) is 22.3 Å². The molecule has 5 N–H and O–H groups in total. The van der Waals surface area contributed by atoms with Gasteiger partial charge in [0, 0.05) is 11.8 Å². The van der Waals surface area contributed by atoms with Gasteiger partial charge in [-0.2, -0.15) is 0 Å². The number of carboxylic acid groups (broad SMARTS) is 1. The third kappa shape index (κ3) is 9.23. The Balaban J connectivity index is 0. The van der Waals surface area contributed by atoms with Crippen LogP contribution in [0.1, 0.15) is 6.92 Å². The van der Waals surface area contributed by atoms with Crippen molar-refractivity contribution in [2.75, 3.05) is 13.2 Å². The van der Waals surface area contributed by atoms with Gasteiger partial charge in [-0.1, -0.05) is 12.2 Å². The first kappa shape index (κ1) is 15.6. The average molecular weight is 240 g/mol. The topological polar surface area (TPSA) is 111 Å². The van der Waals surface area contributed by atoms with Gasteiger partial charge in [-0.3, -0.25) is 4.79 Å². The SMILES string of the molecule is CCOC(=O)SC(=S)NCC(=O)O.N. The Morgan fingerprint density at radius 3 is 2.57 bits per heavy atom. The van der Waals surface area contributed by atoms with Crippen LogP contribution in [0.4, 0.5) is 4.79 Å². The zero-order chi connectivity index (χ0) is 10.3. The smallest absolute Gasteiger partial charge is 0.374 e. The molecule has 0 aliphatic rings. The van der Waals surface area contributed by atoms with Gasteiger partial charge in [-0.25, -0.2) is 4.79 Å². The normalized spacial score (nSPS) is 8.36. The fraction of sp³-hybridized carbons (Fsp3) is 0.500. The maximum absolute atomic E-state index is 10.8. The quantitative estimate of drug-likeness (QED) is 0.495. The highest BCUT2D eigenvalue weighted by Gasteiger charge is 2.07. The second-order valence-electron chi connectivity index (χ2n) is 1.82. The zero-order valence-corrected chi connectivity index (χ0v) is 9.24. The summed E-state index contributed by atoms with van der Waals surface area (Å²) in [6.07, 6.45) is 0. The molecule has 0 saturated carbocycles. The van der Waals surface area contributed by atoms with Crippen molar-refractivity contribution in [3.05, 3.63) is 0 Å². The van der Waals surface area contributed by atoms with Crippen molar-refractivity contribution < 1.29 is 19.4 Å². The molecule has 0 aromatic rings. The number of carboxylic acids is 1. The molecule has 0 aliphatic heterocycles. The maximum atomic E-state index is 10.8. The maximum Gasteiger partial charge on any atom is 0.374 e. The molecule has 0 atom stereocenters. The van der Waals surface area contributed by atoms with Crippen LogP contribution >= 0.6 is 24.0 Å². The molecule has 0 saturated heterocycles. The lowest BCUT2D eigenvalue weighted by Gasteiger charge is -2.03. The van der Waals surface area contributed by atoms with E-state index in [9.17, 15) is 9.59 Å². The van der Waals surface area contributed by atoms with Crippen molar-refractivity contribution in [2.45, 2.75) is 6.92 Å². The van der Waals surface area contributed by atoms with Crippen LogP contribution < -0.4 is 11.5 Å². The summed E-state index contributed by atoms with van der Waals surface area (Å²) in [4.78, 5) is 20.8. The van der Waals surface area contributed by atoms with Crippen LogP contribution in [0.3, 0.4) is 0 Å². The Bertz CT molecular complexity index is 222. The lowest BCUT2D eigenvalue weighted by atomic mass is 10.7. The third-order valence-corrected chi connectivity index (χ3v) is 1.83. The van der Waals surface area contributed by atoms with Gasteiger partial charge in [0.05, 0.1) is 6.61 Å². The number of carbonyl (C=O) groups is 2. The van der Waals surface area contributed by atoms with E-state index in [-0.39, 0.29) is 23.6 Å². The van der Waals surface area contributed by atoms with Crippen molar-refractivity contribution >= 4 is 39.6 Å². The van der Waals surface area contributed by atoms with E-state index in [0.717, 1.165) is 0 Å². The minimum Gasteiger partial charge on any atom is -0.480 e. The standard InChI is InChI=1S/C6H9NO4S2.H3N/c1-2-11-6(10)13-5(12)7-3-4(8)9;/h2-3H2,1H3,(H,7,12)(H,8,9);1H3. The van der Waals surface area contributed by atoms with E-state index in [1.807, 2.05) is 0 Å². The van der Waals surface area contributed by atoms with Gasteiger partial charge in [0.25, 0.3) is 0 Å². The van der Waals surface area contributed by atoms with Crippen LogP contribution in [0.25, 0.3) is 0 Å². The van der Waals surface area contributed by atoms with Crippen molar-refractivity contribution in [3.8, 4) is 0 Å². The molecular formula is C6H12N2O4S2. The van der Waals surface area contributed by atoms with Crippen LogP contribution in [-0.2, 0) is 9.53 Å². The summed E-state index contributed by atoms with van der Waals surface area (Å²) in [5, 5.41) is 10.1. The molecule has 0 bridgehead atoms. The molecule has 0 spiro atoms. The molecule has 0 amide bonds. The van der Waals surface area contributed by atoms with E-state index in [0.29, 0.717) is 11.8 Å². The number of thioether (sulfide) groups is 1. The fourth-order valence-corrected chi connectivity index (χ4v) is 1.16. The highest BCUT2D eigenvalue weighted by molar-refractivity contribution is 8.32. The molecule has 0 fully saturated rings. The highest BCUT2D eigenvalue weighted by atomic mass is 32.2. The molecule has 0 aromatic carbocycles. The Kier molecular flexibility index (Phi) is 9.73. The van der Waals surface area contributed by atoms with Gasteiger partial charge in [-0.15, -0.1) is 0 Å². The van der Waals surface area contributed by atoms with Crippen LogP contribution in [0.5, 0.6) is 0 Å². The van der Waals surface area contributed by atoms with E-state index in [1.54, 1.807) is 6.92 Å². The van der Waals surface area contributed by atoms with E-state index >= 15 is 0 Å². The van der Waals surface area contributed by atoms with Crippen LogP contribution in [0, 0.1) is 0 Å². The van der Waals surface area contributed by atoms with Crippen LogP contribution in [0.2, 0.25) is 0 Å². The molecule has 14 heavy (non-hydrogen) atoms. The summed E-state index contributed by atoms with van der Waals surface area (Å²) in [5.74, 6) is -1.04. The Morgan fingerprint density at radius 2 is 2.14 bits per heavy atom. The molecule has 0 heterocycles. The number of carbonyl (C=O) groups excluding carboxylic acids is 1. The minimum absolute atomic E-state index is 0. The van der Waals surface area contributed by atoms with Crippen LogP contribution in [-0.4, -0.2) is 33.8 Å². The molecule has 0 rings (SSSR count). The predicted molar refractivity (Wildman–Crippen MR) is 57.9 cm³/mol. The number of rotatable bonds is 3. The summed E-state index contributed by atoms with van der Waals surface area (Å²) in [6, 6.07) is 0. The first-order valence-electron chi connectivity index (χ1n) is 3.40. The molecular weight excluding hydrogens is 228 g/mol. The summed E-state index contributed by atoms with van der Waals surface area (Å²) in [6.45, 7) is 1.64. The zero-order valence-electron chi connectivity index (χ0n) is 7.61. The molecule has 82 valence electrons. The van der Waals surface area contributed by atoms with Gasteiger partial charge in [-0.05, 0) is 6.92 Å². The van der Waals surface area contributed by atoms with Crippen molar-refractivity contribution in [1.82, 2.24) is 11.5 Å². The molecule has 0 unspecified atom stereocenters. The van der Waals surface area contributed by atoms with Crippen molar-refractivity contribution in [3.63, 3.8) is 0 Å². The summed E-state index contributed by atoms with van der Waals surface area (Å²) in [7, 11) is 0. The number of aliphatic carboxylic acids is 1. The average Bonchev–Trinajstić information content (AvgIpc) is 2.01. The molecule has 6 nitrogen and oxygen atoms in total. The Labute approximate surface area is 91.0 Å². The predicted octanol–water partition coefficient (Wildman–Crippen LogP) is 0.997.